The van der Waals surface area contributed by atoms with Crippen LogP contribution in [0.5, 0.6) is 0 Å². The zero-order valence-electron chi connectivity index (χ0n) is 11.1. The smallest absolute Gasteiger partial charge is 0.124 e. The molecule has 0 spiro atoms. The number of thioether (sulfide) groups is 1. The van der Waals surface area contributed by atoms with E-state index >= 15 is 0 Å². The third-order valence-corrected chi connectivity index (χ3v) is 4.10. The maximum Gasteiger partial charge on any atom is 0.124 e. The minimum atomic E-state index is -0.191. The lowest BCUT2D eigenvalue weighted by atomic mass is 10.1. The Balaban J connectivity index is 2.06. The molecule has 2 aromatic rings. The first kappa shape index (κ1) is 14.0. The summed E-state index contributed by atoms with van der Waals surface area (Å²) in [7, 11) is 1.93. The molecule has 0 saturated carbocycles. The Labute approximate surface area is 117 Å². The summed E-state index contributed by atoms with van der Waals surface area (Å²) in [6.07, 6.45) is 3.69. The third-order valence-electron chi connectivity index (χ3n) is 3.02. The average molecular weight is 276 g/mol. The van der Waals surface area contributed by atoms with Gasteiger partial charge in [-0.1, -0.05) is 6.07 Å². The fraction of sp³-hybridized carbons (Fsp3) is 0.267. The number of pyridine rings is 1. The van der Waals surface area contributed by atoms with Crippen molar-refractivity contribution >= 4 is 11.8 Å². The van der Waals surface area contributed by atoms with Crippen molar-refractivity contribution in [1.82, 2.24) is 10.3 Å². The molecule has 100 valence electrons. The summed E-state index contributed by atoms with van der Waals surface area (Å²) in [5, 5.41) is 3.29. The molecule has 2 nitrogen and oxygen atoms in total. The molecule has 0 aliphatic rings. The van der Waals surface area contributed by atoms with Crippen molar-refractivity contribution in [3.63, 3.8) is 0 Å². The first-order valence-corrected chi connectivity index (χ1v) is 7.15. The van der Waals surface area contributed by atoms with Crippen LogP contribution < -0.4 is 5.32 Å². The van der Waals surface area contributed by atoms with Crippen molar-refractivity contribution in [3.05, 3.63) is 59.7 Å². The van der Waals surface area contributed by atoms with Crippen LogP contribution in [0.2, 0.25) is 0 Å². The maximum atomic E-state index is 13.1. The molecule has 4 heteroatoms. The molecule has 0 saturated heterocycles. The number of benzene rings is 1. The quantitative estimate of drug-likeness (QED) is 0.845. The maximum absolute atomic E-state index is 13.1. The van der Waals surface area contributed by atoms with Crippen LogP contribution in [0.3, 0.4) is 0 Å². The van der Waals surface area contributed by atoms with Crippen molar-refractivity contribution < 1.29 is 4.39 Å². The molecule has 1 aromatic heterocycles. The molecule has 1 atom stereocenters. The van der Waals surface area contributed by atoms with E-state index in [2.05, 4.69) is 17.2 Å². The fourth-order valence-corrected chi connectivity index (χ4v) is 2.98. The molecule has 1 N–H and O–H groups in total. The zero-order valence-corrected chi connectivity index (χ0v) is 11.9. The van der Waals surface area contributed by atoms with E-state index in [9.17, 15) is 4.39 Å². The molecule has 0 aliphatic heterocycles. The summed E-state index contributed by atoms with van der Waals surface area (Å²) < 4.78 is 13.1. The number of rotatable bonds is 5. The van der Waals surface area contributed by atoms with E-state index in [4.69, 9.17) is 0 Å². The van der Waals surface area contributed by atoms with Gasteiger partial charge in [-0.2, -0.15) is 0 Å². The minimum absolute atomic E-state index is 0.191. The summed E-state index contributed by atoms with van der Waals surface area (Å²) in [6.45, 7) is 2.08. The predicted octanol–water partition coefficient (Wildman–Crippen LogP) is 3.58. The van der Waals surface area contributed by atoms with E-state index < -0.39 is 0 Å². The lowest BCUT2D eigenvalue weighted by Crippen LogP contribution is -2.19. The highest BCUT2D eigenvalue weighted by Gasteiger charge is 2.12. The summed E-state index contributed by atoms with van der Waals surface area (Å²) in [4.78, 5) is 5.12. The second-order valence-corrected chi connectivity index (χ2v) is 5.44. The molecule has 19 heavy (non-hydrogen) atoms. The molecule has 1 heterocycles. The van der Waals surface area contributed by atoms with E-state index in [0.717, 1.165) is 10.6 Å². The highest BCUT2D eigenvalue weighted by atomic mass is 32.2. The molecule has 1 aromatic carbocycles. The van der Waals surface area contributed by atoms with Gasteiger partial charge in [0.25, 0.3) is 0 Å². The molecule has 0 aliphatic carbocycles. The Bertz CT molecular complexity index is 545. The van der Waals surface area contributed by atoms with Gasteiger partial charge in [0.1, 0.15) is 5.82 Å². The van der Waals surface area contributed by atoms with Crippen molar-refractivity contribution in [3.8, 4) is 0 Å². The number of aryl methyl sites for hydroxylation is 1. The summed E-state index contributed by atoms with van der Waals surface area (Å²) in [5.41, 5.74) is 2.41. The standard InChI is InChI=1S/C15H17FN2S/c1-11-6-7-18-9-14(11)15(17-2)10-19-13-5-3-4-12(16)8-13/h3-9,15,17H,10H2,1-2H3. The van der Waals surface area contributed by atoms with Gasteiger partial charge in [0, 0.05) is 29.1 Å². The van der Waals surface area contributed by atoms with Gasteiger partial charge in [0.05, 0.1) is 0 Å². The second-order valence-electron chi connectivity index (χ2n) is 4.34. The summed E-state index contributed by atoms with van der Waals surface area (Å²) >= 11 is 1.64. The van der Waals surface area contributed by atoms with Gasteiger partial charge in [-0.3, -0.25) is 4.98 Å². The lowest BCUT2D eigenvalue weighted by molar-refractivity contribution is 0.624. The minimum Gasteiger partial charge on any atom is -0.312 e. The van der Waals surface area contributed by atoms with Crippen LogP contribution in [0.4, 0.5) is 4.39 Å². The second kappa shape index (κ2) is 6.68. The largest absolute Gasteiger partial charge is 0.312 e. The fourth-order valence-electron chi connectivity index (χ4n) is 1.91. The molecular formula is C15H17FN2S. The van der Waals surface area contributed by atoms with Crippen molar-refractivity contribution in [2.45, 2.75) is 17.9 Å². The van der Waals surface area contributed by atoms with Gasteiger partial charge in [0.15, 0.2) is 0 Å². The number of aromatic nitrogens is 1. The van der Waals surface area contributed by atoms with Crippen molar-refractivity contribution in [2.24, 2.45) is 0 Å². The number of nitrogens with zero attached hydrogens (tertiary/aromatic N) is 1. The highest BCUT2D eigenvalue weighted by molar-refractivity contribution is 7.99. The van der Waals surface area contributed by atoms with Gasteiger partial charge in [-0.05, 0) is 49.4 Å². The molecule has 1 unspecified atom stereocenters. The Hall–Kier alpha value is -1.39. The molecular weight excluding hydrogens is 259 g/mol. The van der Waals surface area contributed by atoms with Crippen LogP contribution in [-0.2, 0) is 0 Å². The van der Waals surface area contributed by atoms with Gasteiger partial charge in [-0.25, -0.2) is 4.39 Å². The first-order valence-electron chi connectivity index (χ1n) is 6.17. The van der Waals surface area contributed by atoms with E-state index in [0.29, 0.717) is 0 Å². The Kier molecular flexibility index (Phi) is 4.93. The summed E-state index contributed by atoms with van der Waals surface area (Å²) in [6, 6.07) is 8.91. The lowest BCUT2D eigenvalue weighted by Gasteiger charge is -2.18. The van der Waals surface area contributed by atoms with Crippen LogP contribution in [0.1, 0.15) is 17.2 Å². The highest BCUT2D eigenvalue weighted by Crippen LogP contribution is 2.26. The Morgan fingerprint density at radius 1 is 1.37 bits per heavy atom. The monoisotopic (exact) mass is 276 g/mol. The number of nitrogens with one attached hydrogen (secondary N) is 1. The average Bonchev–Trinajstić information content (AvgIpc) is 2.41. The Morgan fingerprint density at radius 3 is 2.89 bits per heavy atom. The SMILES string of the molecule is CNC(CSc1cccc(F)c1)c1cnccc1C. The van der Waals surface area contributed by atoms with E-state index in [1.807, 2.05) is 25.4 Å². The van der Waals surface area contributed by atoms with E-state index in [1.165, 1.54) is 17.2 Å². The normalized spacial score (nSPS) is 12.4. The van der Waals surface area contributed by atoms with Crippen molar-refractivity contribution in [1.29, 1.82) is 0 Å². The number of hydrogen-bond acceptors (Lipinski definition) is 3. The van der Waals surface area contributed by atoms with Gasteiger partial charge < -0.3 is 5.32 Å². The van der Waals surface area contributed by atoms with Crippen LogP contribution in [0, 0.1) is 12.7 Å². The zero-order chi connectivity index (χ0) is 13.7. The van der Waals surface area contributed by atoms with Crippen LogP contribution >= 0.6 is 11.8 Å². The first-order chi connectivity index (χ1) is 9.20. The van der Waals surface area contributed by atoms with Crippen LogP contribution in [-0.4, -0.2) is 17.8 Å². The van der Waals surface area contributed by atoms with Gasteiger partial charge in [0.2, 0.25) is 0 Å². The molecule has 2 rings (SSSR count). The van der Waals surface area contributed by atoms with Gasteiger partial charge in [-0.15, -0.1) is 11.8 Å². The third kappa shape index (κ3) is 3.78. The summed E-state index contributed by atoms with van der Waals surface area (Å²) in [5.74, 6) is 0.649. The number of hydrogen-bond donors (Lipinski definition) is 1. The van der Waals surface area contributed by atoms with E-state index in [-0.39, 0.29) is 11.9 Å². The van der Waals surface area contributed by atoms with Crippen LogP contribution in [0.15, 0.2) is 47.6 Å². The Morgan fingerprint density at radius 2 is 2.21 bits per heavy atom. The molecule has 0 fully saturated rings. The van der Waals surface area contributed by atoms with Crippen LogP contribution in [0.25, 0.3) is 0 Å². The molecule has 0 radical (unpaired) electrons. The topological polar surface area (TPSA) is 24.9 Å². The molecule has 0 amide bonds. The molecule has 0 bridgehead atoms. The predicted molar refractivity (Wildman–Crippen MR) is 77.9 cm³/mol. The van der Waals surface area contributed by atoms with E-state index in [1.54, 1.807) is 30.1 Å². The van der Waals surface area contributed by atoms with Crippen molar-refractivity contribution in [2.75, 3.05) is 12.8 Å². The number of halogens is 1. The van der Waals surface area contributed by atoms with Gasteiger partial charge >= 0.3 is 0 Å².